The van der Waals surface area contributed by atoms with E-state index in [1.54, 1.807) is 6.07 Å². The molecular formula is C12H12F5N3O. The van der Waals surface area contributed by atoms with Gasteiger partial charge in [0.2, 0.25) is 5.96 Å². The number of hydrogen-bond acceptors (Lipinski definition) is 2. The lowest BCUT2D eigenvalue weighted by molar-refractivity contribution is -0.302. The van der Waals surface area contributed by atoms with Crippen LogP contribution >= 0.6 is 0 Å². The number of nitrogens with two attached hydrogens (primary N) is 1. The fraction of sp³-hybridized carbons (Fsp3) is 0.417. The predicted octanol–water partition coefficient (Wildman–Crippen LogP) is 2.49. The highest BCUT2D eigenvalue weighted by Crippen LogP contribution is 2.49. The molecule has 1 aromatic carbocycles. The summed E-state index contributed by atoms with van der Waals surface area (Å²) in [5, 5.41) is 11.2. The third kappa shape index (κ3) is 2.47. The minimum atomic E-state index is -5.75. The molecule has 1 atom stereocenters. The number of alkyl halides is 5. The summed E-state index contributed by atoms with van der Waals surface area (Å²) in [6.45, 7) is -0.205. The summed E-state index contributed by atoms with van der Waals surface area (Å²) in [7, 11) is 0. The number of fused-ring (bicyclic) bond motifs is 1. The molecule has 0 fully saturated rings. The van der Waals surface area contributed by atoms with Gasteiger partial charge in [0.05, 0.1) is 0 Å². The Bertz CT molecular complexity index is 558. The van der Waals surface area contributed by atoms with Crippen LogP contribution in [0.5, 0.6) is 0 Å². The van der Waals surface area contributed by atoms with Gasteiger partial charge >= 0.3 is 12.1 Å². The molecule has 1 aliphatic heterocycles. The fourth-order valence-corrected chi connectivity index (χ4v) is 2.42. The van der Waals surface area contributed by atoms with Crippen molar-refractivity contribution in [1.29, 1.82) is 0 Å². The molecule has 3 N–H and O–H groups in total. The monoisotopic (exact) mass is 309 g/mol. The highest BCUT2D eigenvalue weighted by molar-refractivity contribution is 5.78. The van der Waals surface area contributed by atoms with Gasteiger partial charge in [0.15, 0.2) is 0 Å². The quantitative estimate of drug-likeness (QED) is 0.275. The van der Waals surface area contributed by atoms with Gasteiger partial charge in [0, 0.05) is 6.54 Å². The molecule has 0 bridgehead atoms. The summed E-state index contributed by atoms with van der Waals surface area (Å²) in [4.78, 5) is 0.565. The number of hydrogen-bond donors (Lipinski definition) is 2. The first kappa shape index (κ1) is 15.3. The number of rotatable bonds is 1. The highest BCUT2D eigenvalue weighted by Gasteiger charge is 2.65. The topological polar surface area (TPSA) is 61.9 Å². The van der Waals surface area contributed by atoms with Gasteiger partial charge in [-0.1, -0.05) is 29.4 Å². The van der Waals surface area contributed by atoms with Gasteiger partial charge in [0.1, 0.15) is 6.04 Å². The fourth-order valence-electron chi connectivity index (χ4n) is 2.42. The van der Waals surface area contributed by atoms with Gasteiger partial charge < -0.3 is 15.8 Å². The lowest BCUT2D eigenvalue weighted by atomic mass is 9.88. The summed E-state index contributed by atoms with van der Waals surface area (Å²) in [5.74, 6) is -5.82. The molecule has 1 heterocycles. The average molecular weight is 309 g/mol. The molecule has 0 amide bonds. The van der Waals surface area contributed by atoms with Crippen LogP contribution in [0.2, 0.25) is 0 Å². The Balaban J connectivity index is 2.59. The molecule has 0 spiro atoms. The third-order valence-corrected chi connectivity index (χ3v) is 3.40. The predicted molar refractivity (Wildman–Crippen MR) is 64.0 cm³/mol. The smallest absolute Gasteiger partial charge is 0.408 e. The van der Waals surface area contributed by atoms with Gasteiger partial charge in [-0.25, -0.2) is 0 Å². The first-order valence-electron chi connectivity index (χ1n) is 5.96. The van der Waals surface area contributed by atoms with Crippen LogP contribution in [0.15, 0.2) is 29.4 Å². The van der Waals surface area contributed by atoms with E-state index >= 15 is 0 Å². The number of benzene rings is 1. The molecule has 1 aromatic rings. The summed E-state index contributed by atoms with van der Waals surface area (Å²) in [6, 6.07) is 3.24. The zero-order valence-electron chi connectivity index (χ0n) is 10.6. The van der Waals surface area contributed by atoms with Crippen molar-refractivity contribution in [2.24, 2.45) is 10.9 Å². The first-order valence-corrected chi connectivity index (χ1v) is 5.96. The molecule has 2 rings (SSSR count). The minimum Gasteiger partial charge on any atom is -0.408 e. The SMILES string of the molecule is N/C(=N\O)N1CCc2ccccc2C1C(F)(F)C(F)(F)F. The van der Waals surface area contributed by atoms with Crippen LogP contribution in [-0.2, 0) is 6.42 Å². The second-order valence-corrected chi connectivity index (χ2v) is 4.62. The van der Waals surface area contributed by atoms with Crippen LogP contribution in [0, 0.1) is 0 Å². The molecule has 116 valence electrons. The van der Waals surface area contributed by atoms with Crippen molar-refractivity contribution < 1.29 is 27.2 Å². The maximum atomic E-state index is 13.9. The molecule has 0 aromatic heterocycles. The number of nitrogens with zero attached hydrogens (tertiary/aromatic N) is 2. The maximum absolute atomic E-state index is 13.9. The Morgan fingerprint density at radius 3 is 2.43 bits per heavy atom. The van der Waals surface area contributed by atoms with Gasteiger partial charge in [-0.05, 0) is 17.5 Å². The Morgan fingerprint density at radius 2 is 1.86 bits per heavy atom. The van der Waals surface area contributed by atoms with Crippen LogP contribution in [0.3, 0.4) is 0 Å². The number of oxime groups is 1. The van der Waals surface area contributed by atoms with Crippen LogP contribution in [0.4, 0.5) is 22.0 Å². The molecule has 0 radical (unpaired) electrons. The second-order valence-electron chi connectivity index (χ2n) is 4.62. The number of guanidine groups is 1. The van der Waals surface area contributed by atoms with E-state index < -0.39 is 24.1 Å². The Labute approximate surface area is 116 Å². The lowest BCUT2D eigenvalue weighted by Gasteiger charge is -2.41. The van der Waals surface area contributed by atoms with Crippen molar-refractivity contribution in [3.05, 3.63) is 35.4 Å². The molecule has 21 heavy (non-hydrogen) atoms. The van der Waals surface area contributed by atoms with E-state index in [4.69, 9.17) is 10.9 Å². The van der Waals surface area contributed by atoms with E-state index in [1.807, 2.05) is 0 Å². The van der Waals surface area contributed by atoms with Crippen LogP contribution < -0.4 is 5.73 Å². The normalized spacial score (nSPS) is 20.3. The van der Waals surface area contributed by atoms with Gasteiger partial charge in [-0.3, -0.25) is 0 Å². The van der Waals surface area contributed by atoms with E-state index in [2.05, 4.69) is 5.16 Å². The molecule has 0 saturated carbocycles. The Hall–Kier alpha value is -2.06. The molecule has 0 saturated heterocycles. The van der Waals surface area contributed by atoms with Crippen LogP contribution in [0.25, 0.3) is 0 Å². The summed E-state index contributed by atoms with van der Waals surface area (Å²) in [6.07, 6.45) is -5.53. The van der Waals surface area contributed by atoms with Crippen LogP contribution in [-0.4, -0.2) is 34.7 Å². The van der Waals surface area contributed by atoms with Crippen molar-refractivity contribution in [3.63, 3.8) is 0 Å². The molecule has 0 aliphatic carbocycles. The van der Waals surface area contributed by atoms with E-state index in [0.29, 0.717) is 10.5 Å². The van der Waals surface area contributed by atoms with E-state index in [1.165, 1.54) is 18.2 Å². The van der Waals surface area contributed by atoms with Crippen molar-refractivity contribution in [1.82, 2.24) is 4.90 Å². The average Bonchev–Trinajstić information content (AvgIpc) is 2.43. The summed E-state index contributed by atoms with van der Waals surface area (Å²) in [5.41, 5.74) is 5.46. The van der Waals surface area contributed by atoms with Gasteiger partial charge in [-0.2, -0.15) is 22.0 Å². The molecule has 1 aliphatic rings. The molecule has 4 nitrogen and oxygen atoms in total. The first-order chi connectivity index (χ1) is 9.70. The molecular weight excluding hydrogens is 297 g/mol. The van der Waals surface area contributed by atoms with Crippen molar-refractivity contribution >= 4 is 5.96 Å². The van der Waals surface area contributed by atoms with E-state index in [9.17, 15) is 22.0 Å². The van der Waals surface area contributed by atoms with Gasteiger partial charge in [0.25, 0.3) is 0 Å². The van der Waals surface area contributed by atoms with Crippen LogP contribution in [0.1, 0.15) is 17.2 Å². The standard InChI is InChI=1S/C12H12F5N3O/c13-11(14,12(15,16)17)9-8-4-2-1-3-7(8)5-6-20(9)10(18)19-21/h1-4,9,21H,5-6H2,(H2,18,19). The van der Waals surface area contributed by atoms with Crippen molar-refractivity contribution in [2.45, 2.75) is 24.6 Å². The number of halogens is 5. The maximum Gasteiger partial charge on any atom is 0.455 e. The zero-order valence-corrected chi connectivity index (χ0v) is 10.6. The Kier molecular flexibility index (Phi) is 3.68. The second kappa shape index (κ2) is 5.05. The largest absolute Gasteiger partial charge is 0.455 e. The lowest BCUT2D eigenvalue weighted by Crippen LogP contribution is -2.55. The van der Waals surface area contributed by atoms with Crippen molar-refractivity contribution in [2.75, 3.05) is 6.54 Å². The minimum absolute atomic E-state index is 0.183. The molecule has 9 heteroatoms. The third-order valence-electron chi connectivity index (χ3n) is 3.40. The molecule has 1 unspecified atom stereocenters. The van der Waals surface area contributed by atoms with E-state index in [0.717, 1.165) is 0 Å². The summed E-state index contributed by atoms with van der Waals surface area (Å²) >= 11 is 0. The zero-order chi connectivity index (χ0) is 15.8. The highest BCUT2D eigenvalue weighted by atomic mass is 19.4. The van der Waals surface area contributed by atoms with E-state index in [-0.39, 0.29) is 18.5 Å². The van der Waals surface area contributed by atoms with Gasteiger partial charge in [-0.15, -0.1) is 0 Å². The summed E-state index contributed by atoms with van der Waals surface area (Å²) < 4.78 is 66.0. The van der Waals surface area contributed by atoms with Crippen molar-refractivity contribution in [3.8, 4) is 0 Å². The Morgan fingerprint density at radius 1 is 1.24 bits per heavy atom.